The summed E-state index contributed by atoms with van der Waals surface area (Å²) in [5, 5.41) is 10.8. The first-order valence-electron chi connectivity index (χ1n) is 13.7. The van der Waals surface area contributed by atoms with Gasteiger partial charge in [-0.05, 0) is 72.8 Å². The summed E-state index contributed by atoms with van der Waals surface area (Å²) < 4.78 is 21.6. The van der Waals surface area contributed by atoms with Gasteiger partial charge in [-0.1, -0.05) is 12.1 Å². The van der Waals surface area contributed by atoms with E-state index in [0.717, 1.165) is 0 Å². The minimum atomic E-state index is -0.740. The Bertz CT molecular complexity index is 1740. The van der Waals surface area contributed by atoms with Crippen LogP contribution in [0.1, 0.15) is 27.1 Å². The van der Waals surface area contributed by atoms with Gasteiger partial charge in [0.1, 0.15) is 11.5 Å². The number of nitrogens with zero attached hydrogens (tertiary/aromatic N) is 2. The number of Topliss-reactive ketones (excluding diaryl/α,β-unsaturated/α-hetero) is 1. The molecule has 1 amide bonds. The standard InChI is InChI=1S/C33H26N2O10/c1-42-29-4-2-3-5-30(29)44-26-16-12-24(13-17-26)34-19-23(18-31(34)37)32(38)43-20-28(36)21-8-14-27(15-9-21)45-33(39)22-6-10-25(11-7-22)35(40)41/h2-17,23H,18-20H2,1H3/t23-/m0/s1. The maximum Gasteiger partial charge on any atom is 0.343 e. The summed E-state index contributed by atoms with van der Waals surface area (Å²) in [6.07, 6.45) is -0.0543. The Balaban J connectivity index is 1.11. The van der Waals surface area contributed by atoms with Gasteiger partial charge in [0.25, 0.3) is 5.69 Å². The van der Waals surface area contributed by atoms with E-state index in [9.17, 15) is 29.3 Å². The van der Waals surface area contributed by atoms with Gasteiger partial charge in [0.05, 0.1) is 23.5 Å². The van der Waals surface area contributed by atoms with E-state index in [4.69, 9.17) is 18.9 Å². The number of esters is 2. The van der Waals surface area contributed by atoms with Crippen LogP contribution in [0, 0.1) is 16.0 Å². The molecular formula is C33H26N2O10. The number of para-hydroxylation sites is 2. The zero-order chi connectivity index (χ0) is 31.9. The molecule has 0 aliphatic carbocycles. The molecule has 1 aliphatic heterocycles. The predicted molar refractivity (Wildman–Crippen MR) is 160 cm³/mol. The first kappa shape index (κ1) is 30.4. The summed E-state index contributed by atoms with van der Waals surface area (Å²) in [4.78, 5) is 62.0. The van der Waals surface area contributed by atoms with E-state index in [0.29, 0.717) is 22.9 Å². The fourth-order valence-corrected chi connectivity index (χ4v) is 4.57. The van der Waals surface area contributed by atoms with E-state index in [1.165, 1.54) is 53.4 Å². The van der Waals surface area contributed by atoms with Gasteiger partial charge in [0.15, 0.2) is 23.9 Å². The number of carbonyl (C=O) groups excluding carboxylic acids is 4. The van der Waals surface area contributed by atoms with Crippen LogP contribution in [0.25, 0.3) is 0 Å². The van der Waals surface area contributed by atoms with Crippen molar-refractivity contribution in [1.29, 1.82) is 0 Å². The van der Waals surface area contributed by atoms with Gasteiger partial charge >= 0.3 is 11.9 Å². The van der Waals surface area contributed by atoms with Gasteiger partial charge in [-0.2, -0.15) is 0 Å². The molecule has 4 aromatic carbocycles. The largest absolute Gasteiger partial charge is 0.493 e. The predicted octanol–water partition coefficient (Wildman–Crippen LogP) is 5.39. The lowest BCUT2D eigenvalue weighted by Crippen LogP contribution is -2.27. The average Bonchev–Trinajstić information content (AvgIpc) is 3.46. The Hall–Kier alpha value is -6.04. The molecule has 12 heteroatoms. The molecule has 0 radical (unpaired) electrons. The van der Waals surface area contributed by atoms with Crippen molar-refractivity contribution < 1.29 is 43.0 Å². The number of anilines is 1. The van der Waals surface area contributed by atoms with Gasteiger partial charge in [-0.3, -0.25) is 24.5 Å². The van der Waals surface area contributed by atoms with Crippen LogP contribution in [0.15, 0.2) is 97.1 Å². The maximum atomic E-state index is 12.7. The summed E-state index contributed by atoms with van der Waals surface area (Å²) in [6, 6.07) is 24.6. The minimum absolute atomic E-state index is 0.0543. The molecule has 1 aliphatic rings. The average molecular weight is 611 g/mol. The van der Waals surface area contributed by atoms with E-state index in [2.05, 4.69) is 0 Å². The lowest BCUT2D eigenvalue weighted by molar-refractivity contribution is -0.384. The van der Waals surface area contributed by atoms with Crippen molar-refractivity contribution in [2.45, 2.75) is 6.42 Å². The van der Waals surface area contributed by atoms with E-state index < -0.39 is 35.2 Å². The number of hydrogen-bond acceptors (Lipinski definition) is 10. The SMILES string of the molecule is COc1ccccc1Oc1ccc(N2C[C@@H](C(=O)OCC(=O)c3ccc(OC(=O)c4ccc([N+](=O)[O-])cc4)cc3)CC2=O)cc1. The Labute approximate surface area is 256 Å². The van der Waals surface area contributed by atoms with E-state index >= 15 is 0 Å². The summed E-state index contributed by atoms with van der Waals surface area (Å²) in [5.74, 6) is -1.05. The summed E-state index contributed by atoms with van der Waals surface area (Å²) in [7, 11) is 1.55. The fraction of sp³-hybridized carbons (Fsp3) is 0.152. The van der Waals surface area contributed by atoms with Gasteiger partial charge in [-0.15, -0.1) is 0 Å². The highest BCUT2D eigenvalue weighted by molar-refractivity contribution is 6.01. The molecular weight excluding hydrogens is 584 g/mol. The number of nitro groups is 1. The summed E-state index contributed by atoms with van der Waals surface area (Å²) in [6.45, 7) is -0.423. The zero-order valence-corrected chi connectivity index (χ0v) is 23.9. The van der Waals surface area contributed by atoms with Gasteiger partial charge < -0.3 is 23.8 Å². The minimum Gasteiger partial charge on any atom is -0.493 e. The number of methoxy groups -OCH3 is 1. The van der Waals surface area contributed by atoms with Crippen molar-refractivity contribution in [3.05, 3.63) is 118 Å². The van der Waals surface area contributed by atoms with Crippen LogP contribution in [0.5, 0.6) is 23.0 Å². The molecule has 0 N–H and O–H groups in total. The maximum absolute atomic E-state index is 12.7. The molecule has 4 aromatic rings. The van der Waals surface area contributed by atoms with Crippen LogP contribution in [0.3, 0.4) is 0 Å². The third-order valence-electron chi connectivity index (χ3n) is 6.95. The van der Waals surface area contributed by atoms with Gasteiger partial charge in [-0.25, -0.2) is 4.79 Å². The summed E-state index contributed by atoms with van der Waals surface area (Å²) in [5.41, 5.74) is 0.770. The third-order valence-corrected chi connectivity index (χ3v) is 6.95. The molecule has 0 saturated carbocycles. The van der Waals surface area contributed by atoms with Crippen molar-refractivity contribution in [3.8, 4) is 23.0 Å². The van der Waals surface area contributed by atoms with Crippen molar-refractivity contribution in [1.82, 2.24) is 0 Å². The van der Waals surface area contributed by atoms with E-state index in [-0.39, 0.29) is 41.4 Å². The Morgan fingerprint density at radius 2 is 1.47 bits per heavy atom. The van der Waals surface area contributed by atoms with Gasteiger partial charge in [0.2, 0.25) is 5.91 Å². The molecule has 1 saturated heterocycles. The number of amides is 1. The highest BCUT2D eigenvalue weighted by Gasteiger charge is 2.36. The van der Waals surface area contributed by atoms with Gasteiger partial charge in [0, 0.05) is 36.3 Å². The first-order chi connectivity index (χ1) is 21.7. The van der Waals surface area contributed by atoms with Crippen LogP contribution in [0.2, 0.25) is 0 Å². The third kappa shape index (κ3) is 7.31. The van der Waals surface area contributed by atoms with Crippen LogP contribution in [-0.4, -0.2) is 48.8 Å². The molecule has 12 nitrogen and oxygen atoms in total. The number of hydrogen-bond donors (Lipinski definition) is 0. The number of rotatable bonds is 11. The number of benzene rings is 4. The second kappa shape index (κ2) is 13.5. The number of ether oxygens (including phenoxy) is 4. The summed E-state index contributed by atoms with van der Waals surface area (Å²) >= 11 is 0. The molecule has 5 rings (SSSR count). The molecule has 0 aromatic heterocycles. The second-order valence-corrected chi connectivity index (χ2v) is 9.90. The van der Waals surface area contributed by atoms with Crippen LogP contribution >= 0.6 is 0 Å². The Morgan fingerprint density at radius 1 is 0.844 bits per heavy atom. The van der Waals surface area contributed by atoms with Crippen molar-refractivity contribution in [3.63, 3.8) is 0 Å². The lowest BCUT2D eigenvalue weighted by atomic mass is 10.1. The highest BCUT2D eigenvalue weighted by Crippen LogP contribution is 2.33. The number of ketones is 1. The molecule has 228 valence electrons. The second-order valence-electron chi connectivity index (χ2n) is 9.90. The zero-order valence-electron chi connectivity index (χ0n) is 23.9. The topological polar surface area (TPSA) is 152 Å². The van der Waals surface area contributed by atoms with Crippen molar-refractivity contribution in [2.24, 2.45) is 5.92 Å². The number of carbonyl (C=O) groups is 4. The molecule has 0 bridgehead atoms. The normalized spacial score (nSPS) is 14.0. The Kier molecular flexibility index (Phi) is 9.13. The lowest BCUT2D eigenvalue weighted by Gasteiger charge is -2.17. The molecule has 1 atom stereocenters. The molecule has 0 unspecified atom stereocenters. The molecule has 45 heavy (non-hydrogen) atoms. The number of non-ortho nitro benzene ring substituents is 1. The Morgan fingerprint density at radius 3 is 2.11 bits per heavy atom. The molecule has 0 spiro atoms. The van der Waals surface area contributed by atoms with Crippen LogP contribution < -0.4 is 19.1 Å². The molecule has 1 heterocycles. The monoisotopic (exact) mass is 610 g/mol. The van der Waals surface area contributed by atoms with Crippen molar-refractivity contribution in [2.75, 3.05) is 25.2 Å². The van der Waals surface area contributed by atoms with Crippen molar-refractivity contribution >= 4 is 35.0 Å². The number of nitro benzene ring substituents is 1. The molecule has 1 fully saturated rings. The fourth-order valence-electron chi connectivity index (χ4n) is 4.57. The quantitative estimate of drug-likeness (QED) is 0.0710. The highest BCUT2D eigenvalue weighted by atomic mass is 16.6. The van der Waals surface area contributed by atoms with E-state index in [1.54, 1.807) is 43.5 Å². The smallest absolute Gasteiger partial charge is 0.343 e. The van der Waals surface area contributed by atoms with Crippen LogP contribution in [-0.2, 0) is 14.3 Å². The first-order valence-corrected chi connectivity index (χ1v) is 13.7. The van der Waals surface area contributed by atoms with E-state index in [1.807, 2.05) is 12.1 Å². The van der Waals surface area contributed by atoms with Crippen LogP contribution in [0.4, 0.5) is 11.4 Å².